The number of benzene rings is 2. The third-order valence-corrected chi connectivity index (χ3v) is 4.74. The maximum absolute atomic E-state index is 12.1. The number of aromatic nitrogens is 2. The predicted molar refractivity (Wildman–Crippen MR) is 95.5 cm³/mol. The summed E-state index contributed by atoms with van der Waals surface area (Å²) in [7, 11) is -3.74. The minimum atomic E-state index is -3.74. The van der Waals surface area contributed by atoms with Gasteiger partial charge in [0, 0.05) is 17.5 Å². The van der Waals surface area contributed by atoms with Gasteiger partial charge >= 0.3 is 0 Å². The molecule has 8 heteroatoms. The maximum atomic E-state index is 12.1. The molecule has 7 nitrogen and oxygen atoms in total. The topological polar surface area (TPSA) is 107 Å². The van der Waals surface area contributed by atoms with E-state index in [1.807, 2.05) is 25.1 Å². The molecular formula is C17H18N4O3S. The fourth-order valence-corrected chi connectivity index (χ4v) is 3.06. The largest absolute Gasteiger partial charge is 0.326 e. The van der Waals surface area contributed by atoms with Crippen molar-refractivity contribution in [1.82, 2.24) is 9.78 Å². The van der Waals surface area contributed by atoms with E-state index in [0.29, 0.717) is 12.2 Å². The summed E-state index contributed by atoms with van der Waals surface area (Å²) in [5, 5.41) is 13.1. The predicted octanol–water partition coefficient (Wildman–Crippen LogP) is 2.02. The van der Waals surface area contributed by atoms with Crippen molar-refractivity contribution in [3.05, 3.63) is 54.2 Å². The van der Waals surface area contributed by atoms with E-state index >= 15 is 0 Å². The number of fused-ring (bicyclic) bond motifs is 1. The number of carbonyl (C=O) groups is 1. The molecule has 1 aromatic heterocycles. The second kappa shape index (κ2) is 6.66. The van der Waals surface area contributed by atoms with E-state index in [1.54, 1.807) is 10.9 Å². The molecule has 0 aliphatic carbocycles. The number of hydrogen-bond donors (Lipinski definition) is 2. The van der Waals surface area contributed by atoms with Crippen LogP contribution in [0.5, 0.6) is 0 Å². The highest BCUT2D eigenvalue weighted by Gasteiger charge is 2.09. The number of aryl methyl sites for hydroxylation is 2. The van der Waals surface area contributed by atoms with Gasteiger partial charge in [-0.2, -0.15) is 5.10 Å². The van der Waals surface area contributed by atoms with Gasteiger partial charge in [-0.15, -0.1) is 0 Å². The van der Waals surface area contributed by atoms with Crippen LogP contribution in [0.1, 0.15) is 12.0 Å². The van der Waals surface area contributed by atoms with Crippen molar-refractivity contribution >= 4 is 32.5 Å². The van der Waals surface area contributed by atoms with E-state index in [0.717, 1.165) is 16.5 Å². The summed E-state index contributed by atoms with van der Waals surface area (Å²) in [6.07, 6.45) is 2.04. The molecule has 0 atom stereocenters. The number of nitrogens with zero attached hydrogens (tertiary/aromatic N) is 2. The van der Waals surface area contributed by atoms with Gasteiger partial charge in [-0.3, -0.25) is 9.48 Å². The lowest BCUT2D eigenvalue weighted by Crippen LogP contribution is -2.15. The smallest absolute Gasteiger partial charge is 0.238 e. The number of anilines is 1. The van der Waals surface area contributed by atoms with E-state index < -0.39 is 10.0 Å². The van der Waals surface area contributed by atoms with E-state index in [9.17, 15) is 13.2 Å². The van der Waals surface area contributed by atoms with Gasteiger partial charge in [0.15, 0.2) is 0 Å². The highest BCUT2D eigenvalue weighted by Crippen LogP contribution is 2.16. The number of primary sulfonamides is 1. The standard InChI is InChI=1S/C17H18N4O3S/c1-12-2-7-16-13(10-12)11-19-21(16)9-8-17(22)20-14-3-5-15(6-4-14)25(18,23)24/h2-7,10-11H,8-9H2,1H3,(H,20,22)(H2,18,23,24). The maximum Gasteiger partial charge on any atom is 0.238 e. The minimum Gasteiger partial charge on any atom is -0.326 e. The molecule has 3 aromatic rings. The van der Waals surface area contributed by atoms with Crippen molar-refractivity contribution in [2.75, 3.05) is 5.32 Å². The molecule has 0 spiro atoms. The molecule has 0 saturated heterocycles. The van der Waals surface area contributed by atoms with Crippen molar-refractivity contribution in [3.8, 4) is 0 Å². The molecule has 2 aromatic carbocycles. The zero-order valence-electron chi connectivity index (χ0n) is 13.6. The molecule has 0 fully saturated rings. The van der Waals surface area contributed by atoms with Gasteiger partial charge in [0.05, 0.1) is 23.2 Å². The number of amides is 1. The molecule has 1 amide bonds. The summed E-state index contributed by atoms with van der Waals surface area (Å²) in [6.45, 7) is 2.47. The Bertz CT molecular complexity index is 1020. The van der Waals surface area contributed by atoms with Gasteiger partial charge in [0.25, 0.3) is 0 Å². The number of sulfonamides is 1. The normalized spacial score (nSPS) is 11.6. The molecule has 0 bridgehead atoms. The van der Waals surface area contributed by atoms with Crippen LogP contribution < -0.4 is 10.5 Å². The van der Waals surface area contributed by atoms with Crippen LogP contribution in [0.15, 0.2) is 53.6 Å². The number of nitrogens with two attached hydrogens (primary N) is 1. The Morgan fingerprint density at radius 1 is 1.20 bits per heavy atom. The first kappa shape index (κ1) is 17.1. The number of rotatable bonds is 5. The summed E-state index contributed by atoms with van der Waals surface area (Å²) >= 11 is 0. The van der Waals surface area contributed by atoms with Crippen LogP contribution in [0.2, 0.25) is 0 Å². The van der Waals surface area contributed by atoms with Crippen LogP contribution >= 0.6 is 0 Å². The Morgan fingerprint density at radius 3 is 2.60 bits per heavy atom. The summed E-state index contributed by atoms with van der Waals surface area (Å²) in [4.78, 5) is 12.1. The third kappa shape index (κ3) is 4.04. The van der Waals surface area contributed by atoms with E-state index in [1.165, 1.54) is 24.3 Å². The van der Waals surface area contributed by atoms with Crippen LogP contribution in [0.25, 0.3) is 10.9 Å². The van der Waals surface area contributed by atoms with E-state index in [2.05, 4.69) is 10.4 Å². The van der Waals surface area contributed by atoms with Crippen molar-refractivity contribution in [2.45, 2.75) is 24.8 Å². The molecule has 3 rings (SSSR count). The van der Waals surface area contributed by atoms with E-state index in [-0.39, 0.29) is 17.2 Å². The Labute approximate surface area is 145 Å². The van der Waals surface area contributed by atoms with Crippen molar-refractivity contribution in [3.63, 3.8) is 0 Å². The molecular weight excluding hydrogens is 340 g/mol. The van der Waals surface area contributed by atoms with Crippen LogP contribution in [-0.4, -0.2) is 24.1 Å². The number of nitrogens with one attached hydrogen (secondary N) is 1. The molecule has 1 heterocycles. The minimum absolute atomic E-state index is 0.00352. The summed E-state index contributed by atoms with van der Waals surface area (Å²) in [5.74, 6) is -0.181. The van der Waals surface area contributed by atoms with Gasteiger partial charge in [0.1, 0.15) is 0 Å². The summed E-state index contributed by atoms with van der Waals surface area (Å²) < 4.78 is 24.2. The summed E-state index contributed by atoms with van der Waals surface area (Å²) in [6, 6.07) is 11.8. The van der Waals surface area contributed by atoms with Gasteiger partial charge in [-0.05, 0) is 43.3 Å². The lowest BCUT2D eigenvalue weighted by Gasteiger charge is -2.07. The zero-order valence-corrected chi connectivity index (χ0v) is 14.5. The van der Waals surface area contributed by atoms with Crippen molar-refractivity contribution in [1.29, 1.82) is 0 Å². The Balaban J connectivity index is 1.62. The van der Waals surface area contributed by atoms with Crippen LogP contribution in [0, 0.1) is 6.92 Å². The summed E-state index contributed by atoms with van der Waals surface area (Å²) in [5.41, 5.74) is 2.65. The molecule has 0 saturated carbocycles. The highest BCUT2D eigenvalue weighted by molar-refractivity contribution is 7.89. The first-order valence-corrected chi connectivity index (χ1v) is 9.22. The highest BCUT2D eigenvalue weighted by atomic mass is 32.2. The second-order valence-corrected chi connectivity index (χ2v) is 7.36. The Morgan fingerprint density at radius 2 is 1.92 bits per heavy atom. The van der Waals surface area contributed by atoms with Crippen LogP contribution in [-0.2, 0) is 21.4 Å². The van der Waals surface area contributed by atoms with Gasteiger partial charge in [-0.1, -0.05) is 11.6 Å². The Hall–Kier alpha value is -2.71. The molecule has 0 aliphatic rings. The fraction of sp³-hybridized carbons (Fsp3) is 0.176. The average molecular weight is 358 g/mol. The zero-order chi connectivity index (χ0) is 18.0. The van der Waals surface area contributed by atoms with Gasteiger partial charge < -0.3 is 5.32 Å². The molecule has 0 aliphatic heterocycles. The van der Waals surface area contributed by atoms with Gasteiger partial charge in [0.2, 0.25) is 15.9 Å². The number of carbonyl (C=O) groups excluding carboxylic acids is 1. The second-order valence-electron chi connectivity index (χ2n) is 5.80. The first-order chi connectivity index (χ1) is 11.8. The quantitative estimate of drug-likeness (QED) is 0.727. The first-order valence-electron chi connectivity index (χ1n) is 7.68. The van der Waals surface area contributed by atoms with Crippen molar-refractivity contribution in [2.24, 2.45) is 5.14 Å². The average Bonchev–Trinajstić information content (AvgIpc) is 2.94. The number of hydrogen-bond acceptors (Lipinski definition) is 4. The molecule has 3 N–H and O–H groups in total. The van der Waals surface area contributed by atoms with Crippen molar-refractivity contribution < 1.29 is 13.2 Å². The lowest BCUT2D eigenvalue weighted by atomic mass is 10.2. The van der Waals surface area contributed by atoms with E-state index in [4.69, 9.17) is 5.14 Å². The molecule has 0 radical (unpaired) electrons. The molecule has 0 unspecified atom stereocenters. The molecule has 130 valence electrons. The lowest BCUT2D eigenvalue weighted by molar-refractivity contribution is -0.116. The van der Waals surface area contributed by atoms with Crippen LogP contribution in [0.4, 0.5) is 5.69 Å². The third-order valence-electron chi connectivity index (χ3n) is 3.81. The fourth-order valence-electron chi connectivity index (χ4n) is 2.54. The monoisotopic (exact) mass is 358 g/mol. The van der Waals surface area contributed by atoms with Crippen LogP contribution in [0.3, 0.4) is 0 Å². The SMILES string of the molecule is Cc1ccc2c(cnn2CCC(=O)Nc2ccc(S(N)(=O)=O)cc2)c1. The van der Waals surface area contributed by atoms with Gasteiger partial charge in [-0.25, -0.2) is 13.6 Å². The molecule has 25 heavy (non-hydrogen) atoms. The Kier molecular flexibility index (Phi) is 4.56.